The first kappa shape index (κ1) is 17.5. The Hall–Kier alpha value is -3.35. The predicted octanol–water partition coefficient (Wildman–Crippen LogP) is 1.50. The number of pyridine rings is 1. The van der Waals surface area contributed by atoms with Crippen LogP contribution in [0.15, 0.2) is 65.8 Å². The van der Waals surface area contributed by atoms with Gasteiger partial charge in [0, 0.05) is 37.3 Å². The number of nitrogens with one attached hydrogen (secondary N) is 1. The Kier molecular flexibility index (Phi) is 5.17. The number of carbonyl (C=O) groups excluding carboxylic acids is 1. The molecule has 0 saturated carbocycles. The van der Waals surface area contributed by atoms with Crippen LogP contribution >= 0.6 is 0 Å². The van der Waals surface area contributed by atoms with E-state index < -0.39 is 6.04 Å². The van der Waals surface area contributed by atoms with E-state index >= 15 is 0 Å². The summed E-state index contributed by atoms with van der Waals surface area (Å²) in [7, 11) is 3.44. The van der Waals surface area contributed by atoms with Gasteiger partial charge in [-0.2, -0.15) is 0 Å². The number of nitrogens with zero attached hydrogens (tertiary/aromatic N) is 3. The minimum atomic E-state index is -0.502. The number of carbonyl (C=O) groups is 1. The van der Waals surface area contributed by atoms with Gasteiger partial charge < -0.3 is 19.2 Å². The van der Waals surface area contributed by atoms with E-state index in [4.69, 9.17) is 4.74 Å². The van der Waals surface area contributed by atoms with Crippen molar-refractivity contribution in [2.75, 3.05) is 7.11 Å². The number of hydrogen-bond acceptors (Lipinski definition) is 4. The maximum atomic E-state index is 12.6. The van der Waals surface area contributed by atoms with E-state index in [9.17, 15) is 9.59 Å². The highest BCUT2D eigenvalue weighted by molar-refractivity contribution is 5.76. The van der Waals surface area contributed by atoms with Gasteiger partial charge in [-0.15, -0.1) is 0 Å². The summed E-state index contributed by atoms with van der Waals surface area (Å²) in [5, 5.41) is 2.96. The number of hydrogen-bond donors (Lipinski definition) is 1. The second kappa shape index (κ2) is 7.69. The molecule has 0 aliphatic heterocycles. The summed E-state index contributed by atoms with van der Waals surface area (Å²) in [5.41, 5.74) is 0.562. The van der Waals surface area contributed by atoms with Gasteiger partial charge in [0.05, 0.1) is 7.11 Å². The first-order chi connectivity index (χ1) is 12.6. The molecule has 7 heteroatoms. The van der Waals surface area contributed by atoms with Crippen LogP contribution in [0.5, 0.6) is 5.75 Å². The lowest BCUT2D eigenvalue weighted by Gasteiger charge is -2.21. The molecule has 0 aliphatic carbocycles. The van der Waals surface area contributed by atoms with Crippen LogP contribution in [-0.4, -0.2) is 27.1 Å². The lowest BCUT2D eigenvalue weighted by Crippen LogP contribution is -2.36. The van der Waals surface area contributed by atoms with Crippen molar-refractivity contribution in [1.82, 2.24) is 19.4 Å². The molecule has 1 amide bonds. The van der Waals surface area contributed by atoms with Gasteiger partial charge in [0.2, 0.25) is 5.91 Å². The lowest BCUT2D eigenvalue weighted by molar-refractivity contribution is -0.122. The van der Waals surface area contributed by atoms with Gasteiger partial charge >= 0.3 is 0 Å². The third kappa shape index (κ3) is 3.66. The van der Waals surface area contributed by atoms with Crippen molar-refractivity contribution >= 4 is 5.91 Å². The fourth-order valence-electron chi connectivity index (χ4n) is 2.79. The number of imidazole rings is 1. The molecule has 0 unspecified atom stereocenters. The average Bonchev–Trinajstić information content (AvgIpc) is 3.07. The maximum Gasteiger partial charge on any atom is 0.250 e. The number of benzene rings is 1. The zero-order chi connectivity index (χ0) is 18.5. The van der Waals surface area contributed by atoms with E-state index in [0.717, 1.165) is 5.56 Å². The molecular formula is C19H20N4O3. The van der Waals surface area contributed by atoms with Crippen LogP contribution in [0.2, 0.25) is 0 Å². The number of amides is 1. The van der Waals surface area contributed by atoms with E-state index in [1.165, 1.54) is 10.6 Å². The maximum absolute atomic E-state index is 12.6. The van der Waals surface area contributed by atoms with Crippen LogP contribution in [0.1, 0.15) is 17.4 Å². The number of rotatable bonds is 6. The molecule has 0 bridgehead atoms. The third-order valence-corrected chi connectivity index (χ3v) is 4.08. The fraction of sp³-hybridized carbons (Fsp3) is 0.211. The molecule has 0 fully saturated rings. The van der Waals surface area contributed by atoms with Gasteiger partial charge in [0.15, 0.2) is 0 Å². The Balaban J connectivity index is 1.92. The summed E-state index contributed by atoms with van der Waals surface area (Å²) in [4.78, 5) is 28.8. The zero-order valence-electron chi connectivity index (χ0n) is 14.6. The average molecular weight is 352 g/mol. The second-order valence-corrected chi connectivity index (χ2v) is 5.81. The molecule has 134 valence electrons. The van der Waals surface area contributed by atoms with Crippen LogP contribution in [0, 0.1) is 0 Å². The van der Waals surface area contributed by atoms with Gasteiger partial charge in [-0.3, -0.25) is 9.59 Å². The fourth-order valence-corrected chi connectivity index (χ4v) is 2.79. The van der Waals surface area contributed by atoms with Gasteiger partial charge in [-0.25, -0.2) is 4.98 Å². The Morgan fingerprint density at radius 3 is 2.65 bits per heavy atom. The van der Waals surface area contributed by atoms with Gasteiger partial charge in [0.1, 0.15) is 24.2 Å². The zero-order valence-corrected chi connectivity index (χ0v) is 14.6. The molecule has 1 N–H and O–H groups in total. The van der Waals surface area contributed by atoms with E-state index in [0.29, 0.717) is 11.6 Å². The molecule has 2 heterocycles. The van der Waals surface area contributed by atoms with E-state index in [1.54, 1.807) is 31.6 Å². The topological polar surface area (TPSA) is 78.2 Å². The standard InChI is InChI=1S/C19H20N4O3/c1-22-12-10-20-19(22)18(14-7-3-4-8-15(14)26-2)21-16(24)13-23-11-6-5-9-17(23)25/h3-12,18H,13H2,1-2H3,(H,21,24)/t18-/m0/s1. The predicted molar refractivity (Wildman–Crippen MR) is 96.9 cm³/mol. The molecule has 0 saturated heterocycles. The quantitative estimate of drug-likeness (QED) is 0.729. The first-order valence-electron chi connectivity index (χ1n) is 8.15. The Labute approximate surface area is 150 Å². The van der Waals surface area contributed by atoms with Crippen LogP contribution < -0.4 is 15.6 Å². The Bertz CT molecular complexity index is 961. The molecule has 0 spiro atoms. The Morgan fingerprint density at radius 2 is 1.96 bits per heavy atom. The van der Waals surface area contributed by atoms with Crippen molar-refractivity contribution in [2.24, 2.45) is 7.05 Å². The van der Waals surface area contributed by atoms with Crippen molar-refractivity contribution in [2.45, 2.75) is 12.6 Å². The Morgan fingerprint density at radius 1 is 1.19 bits per heavy atom. The monoisotopic (exact) mass is 352 g/mol. The number of para-hydroxylation sites is 1. The summed E-state index contributed by atoms with van der Waals surface area (Å²) in [5.74, 6) is 1.03. The number of aromatic nitrogens is 3. The van der Waals surface area contributed by atoms with Crippen LogP contribution in [0.25, 0.3) is 0 Å². The van der Waals surface area contributed by atoms with Crippen molar-refractivity contribution < 1.29 is 9.53 Å². The number of methoxy groups -OCH3 is 1. The van der Waals surface area contributed by atoms with Crippen molar-refractivity contribution in [3.63, 3.8) is 0 Å². The molecule has 2 aromatic heterocycles. The summed E-state index contributed by atoms with van der Waals surface area (Å²) < 4.78 is 8.63. The largest absolute Gasteiger partial charge is 0.496 e. The summed E-state index contributed by atoms with van der Waals surface area (Å²) >= 11 is 0. The van der Waals surface area contributed by atoms with Gasteiger partial charge in [0.25, 0.3) is 5.56 Å². The summed E-state index contributed by atoms with van der Waals surface area (Å²) in [6.45, 7) is -0.0737. The van der Waals surface area contributed by atoms with E-state index in [2.05, 4.69) is 10.3 Å². The molecule has 3 rings (SSSR count). The molecule has 0 radical (unpaired) electrons. The van der Waals surface area contributed by atoms with Gasteiger partial charge in [-0.05, 0) is 12.1 Å². The normalized spacial score (nSPS) is 11.8. The highest BCUT2D eigenvalue weighted by Gasteiger charge is 2.23. The molecule has 1 atom stereocenters. The van der Waals surface area contributed by atoms with Crippen LogP contribution in [0.4, 0.5) is 0 Å². The third-order valence-electron chi connectivity index (χ3n) is 4.08. The van der Waals surface area contributed by atoms with E-state index in [-0.39, 0.29) is 18.0 Å². The van der Waals surface area contributed by atoms with Crippen molar-refractivity contribution in [3.8, 4) is 5.75 Å². The SMILES string of the molecule is COc1ccccc1[C@H](NC(=O)Cn1ccccc1=O)c1nccn1C. The van der Waals surface area contributed by atoms with Crippen molar-refractivity contribution in [3.05, 3.63) is 82.8 Å². The highest BCUT2D eigenvalue weighted by atomic mass is 16.5. The van der Waals surface area contributed by atoms with Crippen LogP contribution in [-0.2, 0) is 18.4 Å². The minimum Gasteiger partial charge on any atom is -0.496 e. The highest BCUT2D eigenvalue weighted by Crippen LogP contribution is 2.28. The molecule has 1 aromatic carbocycles. The molecule has 7 nitrogen and oxygen atoms in total. The second-order valence-electron chi connectivity index (χ2n) is 5.81. The first-order valence-corrected chi connectivity index (χ1v) is 8.15. The van der Waals surface area contributed by atoms with Crippen LogP contribution in [0.3, 0.4) is 0 Å². The van der Waals surface area contributed by atoms with E-state index in [1.807, 2.05) is 42.1 Å². The number of ether oxygens (including phenoxy) is 1. The lowest BCUT2D eigenvalue weighted by atomic mass is 10.0. The molecule has 3 aromatic rings. The molecule has 26 heavy (non-hydrogen) atoms. The summed E-state index contributed by atoms with van der Waals surface area (Å²) in [6.07, 6.45) is 5.07. The molecule has 0 aliphatic rings. The summed E-state index contributed by atoms with van der Waals surface area (Å²) in [6, 6.07) is 11.7. The van der Waals surface area contributed by atoms with Crippen molar-refractivity contribution in [1.29, 1.82) is 0 Å². The smallest absolute Gasteiger partial charge is 0.250 e. The minimum absolute atomic E-state index is 0.0737. The molecular weight excluding hydrogens is 332 g/mol. The van der Waals surface area contributed by atoms with Gasteiger partial charge in [-0.1, -0.05) is 24.3 Å². The number of aryl methyl sites for hydroxylation is 1.